The Kier molecular flexibility index (Phi) is 2.03. The summed E-state index contributed by atoms with van der Waals surface area (Å²) in [6.07, 6.45) is 2.81. The van der Waals surface area contributed by atoms with Crippen LogP contribution in [-0.4, -0.2) is 42.0 Å². The summed E-state index contributed by atoms with van der Waals surface area (Å²) < 4.78 is 0. The number of hydrogen-bond acceptors (Lipinski definition) is 4. The van der Waals surface area contributed by atoms with E-state index in [0.29, 0.717) is 5.41 Å². The maximum absolute atomic E-state index is 12.0. The molecule has 0 unspecified atom stereocenters. The average molecular weight is 223 g/mol. The van der Waals surface area contributed by atoms with Crippen LogP contribution in [0.4, 0.5) is 0 Å². The first-order valence-electron chi connectivity index (χ1n) is 5.18. The summed E-state index contributed by atoms with van der Waals surface area (Å²) in [4.78, 5) is 18.7. The van der Waals surface area contributed by atoms with Crippen LogP contribution >= 0.6 is 11.3 Å². The first-order valence-corrected chi connectivity index (χ1v) is 6.06. The van der Waals surface area contributed by atoms with Crippen molar-refractivity contribution in [3.05, 3.63) is 16.6 Å². The Morgan fingerprint density at radius 2 is 2.47 bits per heavy atom. The van der Waals surface area contributed by atoms with Gasteiger partial charge in [0, 0.05) is 31.6 Å². The molecule has 0 radical (unpaired) electrons. The van der Waals surface area contributed by atoms with Gasteiger partial charge in [-0.1, -0.05) is 0 Å². The number of thiazole rings is 1. The van der Waals surface area contributed by atoms with Crippen LogP contribution in [0, 0.1) is 5.41 Å². The Morgan fingerprint density at radius 1 is 1.60 bits per heavy atom. The zero-order valence-electron chi connectivity index (χ0n) is 8.40. The molecule has 0 aromatic carbocycles. The third-order valence-corrected chi connectivity index (χ3v) is 4.13. The molecule has 5 heteroatoms. The van der Waals surface area contributed by atoms with Gasteiger partial charge in [-0.25, -0.2) is 0 Å². The number of aromatic nitrogens is 1. The quantitative estimate of drug-likeness (QED) is 0.757. The fourth-order valence-corrected chi connectivity index (χ4v) is 2.94. The van der Waals surface area contributed by atoms with Gasteiger partial charge in [-0.2, -0.15) is 0 Å². The summed E-state index contributed by atoms with van der Waals surface area (Å²) >= 11 is 1.43. The van der Waals surface area contributed by atoms with Crippen molar-refractivity contribution in [2.24, 2.45) is 5.41 Å². The topological polar surface area (TPSA) is 45.2 Å². The smallest absolute Gasteiger partial charge is 0.265 e. The van der Waals surface area contributed by atoms with Crippen molar-refractivity contribution < 1.29 is 4.79 Å². The second kappa shape index (κ2) is 3.28. The SMILES string of the molecule is O=C(c1cncs1)N1CCC2(CNC2)C1. The van der Waals surface area contributed by atoms with Crippen LogP contribution in [0.15, 0.2) is 11.7 Å². The fourth-order valence-electron chi connectivity index (χ4n) is 2.35. The van der Waals surface area contributed by atoms with Gasteiger partial charge < -0.3 is 10.2 Å². The summed E-state index contributed by atoms with van der Waals surface area (Å²) in [5.74, 6) is 0.154. The molecular formula is C10H13N3OS. The molecule has 0 bridgehead atoms. The minimum Gasteiger partial charge on any atom is -0.337 e. The average Bonchev–Trinajstić information content (AvgIpc) is 2.85. The molecule has 1 amide bonds. The number of hydrogen-bond donors (Lipinski definition) is 1. The molecule has 80 valence electrons. The van der Waals surface area contributed by atoms with Crippen LogP contribution in [0.2, 0.25) is 0 Å². The Hall–Kier alpha value is -0.940. The molecule has 2 aliphatic heterocycles. The molecule has 1 N–H and O–H groups in total. The second-order valence-electron chi connectivity index (χ2n) is 4.45. The Balaban J connectivity index is 1.72. The van der Waals surface area contributed by atoms with Gasteiger partial charge in [0.1, 0.15) is 4.88 Å². The van der Waals surface area contributed by atoms with Gasteiger partial charge in [-0.3, -0.25) is 9.78 Å². The van der Waals surface area contributed by atoms with E-state index < -0.39 is 0 Å². The minimum atomic E-state index is 0.154. The molecule has 0 saturated carbocycles. The van der Waals surface area contributed by atoms with Crippen molar-refractivity contribution in [1.82, 2.24) is 15.2 Å². The van der Waals surface area contributed by atoms with Gasteiger partial charge in [0.2, 0.25) is 0 Å². The third-order valence-electron chi connectivity index (χ3n) is 3.37. The number of carbonyl (C=O) groups is 1. The standard InChI is InChI=1S/C10H13N3OS/c14-9(8-3-11-7-15-8)13-2-1-10(6-13)4-12-5-10/h3,7,12H,1-2,4-6H2. The molecule has 0 aliphatic carbocycles. The summed E-state index contributed by atoms with van der Waals surface area (Å²) in [7, 11) is 0. The summed E-state index contributed by atoms with van der Waals surface area (Å²) in [6.45, 7) is 3.95. The van der Waals surface area contributed by atoms with Crippen LogP contribution in [0.5, 0.6) is 0 Å². The van der Waals surface area contributed by atoms with E-state index in [9.17, 15) is 4.79 Å². The van der Waals surface area contributed by atoms with E-state index in [-0.39, 0.29) is 5.91 Å². The Morgan fingerprint density at radius 3 is 3.00 bits per heavy atom. The van der Waals surface area contributed by atoms with Gasteiger partial charge in [-0.05, 0) is 6.42 Å². The van der Waals surface area contributed by atoms with Crippen LogP contribution in [-0.2, 0) is 0 Å². The predicted octanol–water partition coefficient (Wildman–Crippen LogP) is 0.579. The monoisotopic (exact) mass is 223 g/mol. The highest BCUT2D eigenvalue weighted by molar-refractivity contribution is 7.11. The molecule has 15 heavy (non-hydrogen) atoms. The first-order chi connectivity index (χ1) is 7.29. The van der Waals surface area contributed by atoms with E-state index in [2.05, 4.69) is 10.3 Å². The highest BCUT2D eigenvalue weighted by Crippen LogP contribution is 2.34. The molecular weight excluding hydrogens is 210 g/mol. The number of amides is 1. The molecule has 3 heterocycles. The van der Waals surface area contributed by atoms with Gasteiger partial charge in [-0.15, -0.1) is 11.3 Å². The molecule has 2 saturated heterocycles. The zero-order chi connectivity index (χ0) is 10.3. The number of nitrogens with one attached hydrogen (secondary N) is 1. The Labute approximate surface area is 92.3 Å². The molecule has 3 rings (SSSR count). The van der Waals surface area contributed by atoms with Crippen molar-refractivity contribution in [2.75, 3.05) is 26.2 Å². The lowest BCUT2D eigenvalue weighted by molar-refractivity contribution is 0.0756. The van der Waals surface area contributed by atoms with Crippen molar-refractivity contribution in [3.63, 3.8) is 0 Å². The van der Waals surface area contributed by atoms with Gasteiger partial charge >= 0.3 is 0 Å². The van der Waals surface area contributed by atoms with Crippen molar-refractivity contribution >= 4 is 17.2 Å². The largest absolute Gasteiger partial charge is 0.337 e. The summed E-state index contributed by atoms with van der Waals surface area (Å²) in [6, 6.07) is 0. The van der Waals surface area contributed by atoms with Crippen LogP contribution in [0.25, 0.3) is 0 Å². The third kappa shape index (κ3) is 1.46. The van der Waals surface area contributed by atoms with Gasteiger partial charge in [0.05, 0.1) is 11.7 Å². The minimum absolute atomic E-state index is 0.154. The highest BCUT2D eigenvalue weighted by Gasteiger charge is 2.44. The van der Waals surface area contributed by atoms with Gasteiger partial charge in [0.15, 0.2) is 0 Å². The molecule has 0 atom stereocenters. The number of nitrogens with zero attached hydrogens (tertiary/aromatic N) is 2. The molecule has 1 aromatic rings. The first kappa shape index (κ1) is 9.30. The number of likely N-dealkylation sites (tertiary alicyclic amines) is 1. The van der Waals surface area contributed by atoms with E-state index in [0.717, 1.165) is 37.5 Å². The van der Waals surface area contributed by atoms with E-state index in [1.165, 1.54) is 11.3 Å². The van der Waals surface area contributed by atoms with E-state index in [1.807, 2.05) is 4.90 Å². The van der Waals surface area contributed by atoms with Crippen LogP contribution in [0.3, 0.4) is 0 Å². The van der Waals surface area contributed by atoms with Crippen molar-refractivity contribution in [3.8, 4) is 0 Å². The maximum Gasteiger partial charge on any atom is 0.265 e. The molecule has 2 aliphatic rings. The molecule has 1 aromatic heterocycles. The van der Waals surface area contributed by atoms with Crippen molar-refractivity contribution in [1.29, 1.82) is 0 Å². The van der Waals surface area contributed by atoms with E-state index in [1.54, 1.807) is 11.7 Å². The summed E-state index contributed by atoms with van der Waals surface area (Å²) in [5.41, 5.74) is 2.10. The lowest BCUT2D eigenvalue weighted by Gasteiger charge is -2.38. The lowest BCUT2D eigenvalue weighted by atomic mass is 9.81. The molecule has 4 nitrogen and oxygen atoms in total. The van der Waals surface area contributed by atoms with Crippen LogP contribution in [0.1, 0.15) is 16.1 Å². The fraction of sp³-hybridized carbons (Fsp3) is 0.600. The van der Waals surface area contributed by atoms with Gasteiger partial charge in [0.25, 0.3) is 5.91 Å². The normalized spacial score (nSPS) is 23.1. The van der Waals surface area contributed by atoms with E-state index >= 15 is 0 Å². The van der Waals surface area contributed by atoms with Crippen molar-refractivity contribution in [2.45, 2.75) is 6.42 Å². The number of carbonyl (C=O) groups excluding carboxylic acids is 1. The summed E-state index contributed by atoms with van der Waals surface area (Å²) in [5, 5.41) is 3.29. The van der Waals surface area contributed by atoms with Crippen LogP contribution < -0.4 is 5.32 Å². The van der Waals surface area contributed by atoms with E-state index in [4.69, 9.17) is 0 Å². The second-order valence-corrected chi connectivity index (χ2v) is 5.33. The zero-order valence-corrected chi connectivity index (χ0v) is 9.22. The maximum atomic E-state index is 12.0. The molecule has 2 fully saturated rings. The number of rotatable bonds is 1. The predicted molar refractivity (Wildman–Crippen MR) is 57.9 cm³/mol. The lowest BCUT2D eigenvalue weighted by Crippen LogP contribution is -2.55. The Bertz CT molecular complexity index is 372. The highest BCUT2D eigenvalue weighted by atomic mass is 32.1. The molecule has 1 spiro atoms.